The third-order valence-corrected chi connectivity index (χ3v) is 4.81. The van der Waals surface area contributed by atoms with E-state index in [1.807, 2.05) is 23.4 Å². The number of thiophene rings is 1. The first kappa shape index (κ1) is 15.0. The van der Waals surface area contributed by atoms with Gasteiger partial charge in [-0.1, -0.05) is 0 Å². The number of nitrogens with zero attached hydrogens (tertiary/aromatic N) is 1. The number of carbonyl (C=O) groups excluding carboxylic acids is 1. The molecule has 1 aliphatic heterocycles. The zero-order valence-electron chi connectivity index (χ0n) is 9.61. The van der Waals surface area contributed by atoms with E-state index in [1.165, 1.54) is 11.3 Å². The van der Waals surface area contributed by atoms with Crippen LogP contribution in [0, 0.1) is 0 Å². The lowest BCUT2D eigenvalue weighted by molar-refractivity contribution is 0.0707. The smallest absolute Gasteiger partial charge is 0.265 e. The fourth-order valence-corrected chi connectivity index (χ4v) is 3.49. The Balaban J connectivity index is 0.00000144. The van der Waals surface area contributed by atoms with Gasteiger partial charge in [-0.2, -0.15) is 0 Å². The molecule has 96 valence electrons. The van der Waals surface area contributed by atoms with Crippen LogP contribution in [-0.4, -0.2) is 37.0 Å². The van der Waals surface area contributed by atoms with E-state index < -0.39 is 0 Å². The highest BCUT2D eigenvalue weighted by Crippen LogP contribution is 2.25. The molecular formula is C11H16BrClN2OS. The van der Waals surface area contributed by atoms with Crippen molar-refractivity contribution in [1.29, 1.82) is 0 Å². The second kappa shape index (κ2) is 6.73. The molecule has 0 atom stereocenters. The van der Waals surface area contributed by atoms with Gasteiger partial charge in [-0.05, 0) is 53.3 Å². The summed E-state index contributed by atoms with van der Waals surface area (Å²) in [5.74, 6) is 0.133. The molecule has 0 saturated carbocycles. The molecule has 17 heavy (non-hydrogen) atoms. The molecule has 0 bridgehead atoms. The molecule has 1 aliphatic rings. The summed E-state index contributed by atoms with van der Waals surface area (Å²) in [6.07, 6.45) is 2.09. The van der Waals surface area contributed by atoms with Crippen molar-refractivity contribution in [2.45, 2.75) is 18.9 Å². The van der Waals surface area contributed by atoms with Gasteiger partial charge in [0.1, 0.15) is 4.88 Å². The standard InChI is InChI=1S/C11H15BrN2OS.ClH/c1-14(8-2-5-13-6-3-8)11(15)10-9(12)4-7-16-10;/h4,7-8,13H,2-3,5-6H2,1H3;1H. The number of amides is 1. The van der Waals surface area contributed by atoms with Gasteiger partial charge in [-0.25, -0.2) is 0 Å². The first-order valence-electron chi connectivity index (χ1n) is 5.41. The monoisotopic (exact) mass is 338 g/mol. The summed E-state index contributed by atoms with van der Waals surface area (Å²) in [6, 6.07) is 2.30. The SMILES string of the molecule is CN(C(=O)c1sccc1Br)C1CCNCC1.Cl. The van der Waals surface area contributed by atoms with Crippen molar-refractivity contribution in [3.8, 4) is 0 Å². The average Bonchev–Trinajstić information content (AvgIpc) is 2.75. The number of rotatable bonds is 2. The highest BCUT2D eigenvalue weighted by Gasteiger charge is 2.24. The van der Waals surface area contributed by atoms with Crippen LogP contribution in [0.5, 0.6) is 0 Å². The van der Waals surface area contributed by atoms with E-state index in [0.29, 0.717) is 6.04 Å². The molecule has 0 unspecified atom stereocenters. The summed E-state index contributed by atoms with van der Waals surface area (Å²) >= 11 is 4.91. The van der Waals surface area contributed by atoms with E-state index in [1.54, 1.807) is 0 Å². The van der Waals surface area contributed by atoms with Crippen LogP contribution in [0.1, 0.15) is 22.5 Å². The number of nitrogens with one attached hydrogen (secondary N) is 1. The number of hydrogen-bond acceptors (Lipinski definition) is 3. The van der Waals surface area contributed by atoms with Gasteiger partial charge >= 0.3 is 0 Å². The molecule has 2 rings (SSSR count). The molecule has 1 aromatic heterocycles. The Kier molecular flexibility index (Phi) is 5.92. The molecule has 0 radical (unpaired) electrons. The van der Waals surface area contributed by atoms with Crippen LogP contribution in [0.2, 0.25) is 0 Å². The van der Waals surface area contributed by atoms with Crippen LogP contribution in [0.15, 0.2) is 15.9 Å². The average molecular weight is 340 g/mol. The van der Waals surface area contributed by atoms with Gasteiger partial charge in [0, 0.05) is 17.6 Å². The zero-order chi connectivity index (χ0) is 11.5. The minimum absolute atomic E-state index is 0. The Labute approximate surface area is 120 Å². The highest BCUT2D eigenvalue weighted by molar-refractivity contribution is 9.10. The first-order valence-corrected chi connectivity index (χ1v) is 7.08. The van der Waals surface area contributed by atoms with Crippen LogP contribution in [-0.2, 0) is 0 Å². The zero-order valence-corrected chi connectivity index (χ0v) is 12.8. The van der Waals surface area contributed by atoms with Crippen LogP contribution < -0.4 is 5.32 Å². The van der Waals surface area contributed by atoms with Gasteiger partial charge in [0.25, 0.3) is 5.91 Å². The van der Waals surface area contributed by atoms with Crippen molar-refractivity contribution in [2.24, 2.45) is 0 Å². The Hall–Kier alpha value is -0.100. The molecule has 3 nitrogen and oxygen atoms in total. The molecular weight excluding hydrogens is 324 g/mol. The Morgan fingerprint density at radius 1 is 1.53 bits per heavy atom. The number of halogens is 2. The molecule has 0 aliphatic carbocycles. The van der Waals surface area contributed by atoms with Crippen LogP contribution in [0.25, 0.3) is 0 Å². The maximum absolute atomic E-state index is 12.2. The van der Waals surface area contributed by atoms with Crippen molar-refractivity contribution < 1.29 is 4.79 Å². The summed E-state index contributed by atoms with van der Waals surface area (Å²) in [5.41, 5.74) is 0. The largest absolute Gasteiger partial charge is 0.338 e. The van der Waals surface area contributed by atoms with Gasteiger partial charge in [0.15, 0.2) is 0 Å². The van der Waals surface area contributed by atoms with E-state index in [9.17, 15) is 4.79 Å². The molecule has 1 amide bonds. The van der Waals surface area contributed by atoms with Gasteiger partial charge in [-0.15, -0.1) is 23.7 Å². The number of piperidine rings is 1. The second-order valence-electron chi connectivity index (χ2n) is 3.99. The van der Waals surface area contributed by atoms with Gasteiger partial charge in [0.05, 0.1) is 0 Å². The molecule has 2 heterocycles. The van der Waals surface area contributed by atoms with Crippen molar-refractivity contribution in [3.05, 3.63) is 20.8 Å². The van der Waals surface area contributed by atoms with Crippen LogP contribution >= 0.6 is 39.7 Å². The Morgan fingerprint density at radius 2 is 2.18 bits per heavy atom. The van der Waals surface area contributed by atoms with E-state index >= 15 is 0 Å². The maximum atomic E-state index is 12.2. The van der Waals surface area contributed by atoms with E-state index in [4.69, 9.17) is 0 Å². The van der Waals surface area contributed by atoms with E-state index in [2.05, 4.69) is 21.2 Å². The van der Waals surface area contributed by atoms with Crippen LogP contribution in [0.3, 0.4) is 0 Å². The predicted octanol–water partition coefficient (Wildman–Crippen LogP) is 2.76. The third-order valence-electron chi connectivity index (χ3n) is 2.99. The van der Waals surface area contributed by atoms with Gasteiger partial charge < -0.3 is 10.2 Å². The molecule has 1 fully saturated rings. The number of hydrogen-bond donors (Lipinski definition) is 1. The second-order valence-corrected chi connectivity index (χ2v) is 5.77. The van der Waals surface area contributed by atoms with Crippen molar-refractivity contribution in [3.63, 3.8) is 0 Å². The Morgan fingerprint density at radius 3 is 2.71 bits per heavy atom. The lowest BCUT2D eigenvalue weighted by Crippen LogP contribution is -2.43. The van der Waals surface area contributed by atoms with E-state index in [0.717, 1.165) is 35.3 Å². The molecule has 6 heteroatoms. The minimum Gasteiger partial charge on any atom is -0.338 e. The van der Waals surface area contributed by atoms with Gasteiger partial charge in [0.2, 0.25) is 0 Å². The quantitative estimate of drug-likeness (QED) is 0.898. The predicted molar refractivity (Wildman–Crippen MR) is 77.3 cm³/mol. The van der Waals surface area contributed by atoms with E-state index in [-0.39, 0.29) is 18.3 Å². The minimum atomic E-state index is 0. The van der Waals surface area contributed by atoms with Crippen molar-refractivity contribution >= 4 is 45.6 Å². The molecule has 1 saturated heterocycles. The van der Waals surface area contributed by atoms with Crippen molar-refractivity contribution in [1.82, 2.24) is 10.2 Å². The Bertz CT molecular complexity index is 379. The molecule has 1 aromatic rings. The molecule has 0 aromatic carbocycles. The highest BCUT2D eigenvalue weighted by atomic mass is 79.9. The van der Waals surface area contributed by atoms with Gasteiger partial charge in [-0.3, -0.25) is 4.79 Å². The normalized spacial score (nSPS) is 16.4. The summed E-state index contributed by atoms with van der Waals surface area (Å²) in [7, 11) is 1.91. The van der Waals surface area contributed by atoms with Crippen LogP contribution in [0.4, 0.5) is 0 Å². The lowest BCUT2D eigenvalue weighted by Gasteiger charge is -2.31. The first-order chi connectivity index (χ1) is 7.70. The molecule has 1 N–H and O–H groups in total. The molecule has 0 spiro atoms. The summed E-state index contributed by atoms with van der Waals surface area (Å²) in [4.78, 5) is 14.9. The maximum Gasteiger partial charge on any atom is 0.265 e. The third kappa shape index (κ3) is 3.44. The lowest BCUT2D eigenvalue weighted by atomic mass is 10.1. The fourth-order valence-electron chi connectivity index (χ4n) is 1.97. The fraction of sp³-hybridized carbons (Fsp3) is 0.545. The summed E-state index contributed by atoms with van der Waals surface area (Å²) in [6.45, 7) is 2.02. The summed E-state index contributed by atoms with van der Waals surface area (Å²) in [5, 5.41) is 5.25. The number of carbonyl (C=O) groups is 1. The van der Waals surface area contributed by atoms with Crippen molar-refractivity contribution in [2.75, 3.05) is 20.1 Å². The summed E-state index contributed by atoms with van der Waals surface area (Å²) < 4.78 is 0.906. The topological polar surface area (TPSA) is 32.3 Å².